The molecule has 1 aromatic rings. The first-order chi connectivity index (χ1) is 9.57. The largest absolute Gasteiger partial charge is 0.497 e. The smallest absolute Gasteiger partial charge is 0.323 e. The van der Waals surface area contributed by atoms with Gasteiger partial charge in [-0.1, -0.05) is 13.0 Å². The third-order valence-electron chi connectivity index (χ3n) is 3.55. The molecule has 0 saturated heterocycles. The van der Waals surface area contributed by atoms with E-state index in [1.807, 2.05) is 31.2 Å². The van der Waals surface area contributed by atoms with Gasteiger partial charge in [0.15, 0.2) is 0 Å². The van der Waals surface area contributed by atoms with Gasteiger partial charge in [-0.2, -0.15) is 0 Å². The highest BCUT2D eigenvalue weighted by Gasteiger charge is 2.33. The molecule has 0 aliphatic rings. The predicted molar refractivity (Wildman–Crippen MR) is 82.7 cm³/mol. The Morgan fingerprint density at radius 3 is 2.80 bits per heavy atom. The molecule has 1 atom stereocenters. The van der Waals surface area contributed by atoms with Gasteiger partial charge in [-0.15, -0.1) is 11.8 Å². The van der Waals surface area contributed by atoms with Crippen molar-refractivity contribution in [2.45, 2.75) is 36.6 Å². The van der Waals surface area contributed by atoms with Crippen LogP contribution in [0, 0.1) is 0 Å². The zero-order valence-corrected chi connectivity index (χ0v) is 13.1. The third kappa shape index (κ3) is 4.42. The van der Waals surface area contributed by atoms with E-state index in [-0.39, 0.29) is 0 Å². The molecule has 2 N–H and O–H groups in total. The van der Waals surface area contributed by atoms with Crippen LogP contribution in [-0.2, 0) is 4.79 Å². The van der Waals surface area contributed by atoms with E-state index in [4.69, 9.17) is 4.74 Å². The van der Waals surface area contributed by atoms with Gasteiger partial charge in [-0.3, -0.25) is 4.79 Å². The van der Waals surface area contributed by atoms with Crippen molar-refractivity contribution < 1.29 is 14.6 Å². The van der Waals surface area contributed by atoms with Crippen molar-refractivity contribution in [3.63, 3.8) is 0 Å². The summed E-state index contributed by atoms with van der Waals surface area (Å²) in [6, 6.07) is 7.91. The van der Waals surface area contributed by atoms with Crippen LogP contribution >= 0.6 is 11.8 Å². The van der Waals surface area contributed by atoms with E-state index in [2.05, 4.69) is 5.32 Å². The number of carboxylic acid groups (broad SMARTS) is 1. The van der Waals surface area contributed by atoms with Crippen LogP contribution in [0.2, 0.25) is 0 Å². The van der Waals surface area contributed by atoms with Crippen LogP contribution in [0.4, 0.5) is 0 Å². The molecule has 4 nitrogen and oxygen atoms in total. The second kappa shape index (κ2) is 8.17. The number of carbonyl (C=O) groups is 1. The fourth-order valence-corrected chi connectivity index (χ4v) is 3.00. The number of thioether (sulfide) groups is 1. The number of rotatable bonds is 9. The summed E-state index contributed by atoms with van der Waals surface area (Å²) < 4.78 is 5.18. The van der Waals surface area contributed by atoms with E-state index in [1.165, 1.54) is 0 Å². The van der Waals surface area contributed by atoms with Crippen LogP contribution < -0.4 is 10.1 Å². The van der Waals surface area contributed by atoms with E-state index < -0.39 is 11.5 Å². The quantitative estimate of drug-likeness (QED) is 0.542. The first-order valence-corrected chi connectivity index (χ1v) is 7.75. The van der Waals surface area contributed by atoms with Gasteiger partial charge in [-0.05, 0) is 50.3 Å². The van der Waals surface area contributed by atoms with Gasteiger partial charge < -0.3 is 15.2 Å². The number of ether oxygens (including phenoxy) is 1. The maximum Gasteiger partial charge on any atom is 0.323 e. The van der Waals surface area contributed by atoms with Crippen molar-refractivity contribution in [1.29, 1.82) is 0 Å². The summed E-state index contributed by atoms with van der Waals surface area (Å²) >= 11 is 1.72. The molecule has 0 bridgehead atoms. The molecule has 5 heteroatoms. The zero-order chi connectivity index (χ0) is 15.0. The predicted octanol–water partition coefficient (Wildman–Crippen LogP) is 3.02. The Morgan fingerprint density at radius 2 is 2.25 bits per heavy atom. The minimum atomic E-state index is -0.797. The van der Waals surface area contributed by atoms with Gasteiger partial charge in [0.1, 0.15) is 11.3 Å². The number of hydrogen-bond donors (Lipinski definition) is 2. The molecule has 0 radical (unpaired) electrons. The summed E-state index contributed by atoms with van der Waals surface area (Å²) in [5.74, 6) is 0.969. The molecule has 0 aliphatic heterocycles. The summed E-state index contributed by atoms with van der Waals surface area (Å²) in [7, 11) is 3.37. The normalized spacial score (nSPS) is 13.8. The van der Waals surface area contributed by atoms with Gasteiger partial charge >= 0.3 is 5.97 Å². The third-order valence-corrected chi connectivity index (χ3v) is 4.63. The fraction of sp³-hybridized carbons (Fsp3) is 0.533. The number of methoxy groups -OCH3 is 1. The lowest BCUT2D eigenvalue weighted by molar-refractivity contribution is -0.145. The molecular formula is C15H23NO3S. The topological polar surface area (TPSA) is 58.6 Å². The van der Waals surface area contributed by atoms with Crippen molar-refractivity contribution in [3.05, 3.63) is 24.3 Å². The van der Waals surface area contributed by atoms with Crippen molar-refractivity contribution >= 4 is 17.7 Å². The van der Waals surface area contributed by atoms with Gasteiger partial charge in [0.25, 0.3) is 0 Å². The summed E-state index contributed by atoms with van der Waals surface area (Å²) in [5, 5.41) is 12.3. The maximum atomic E-state index is 11.3. The van der Waals surface area contributed by atoms with Crippen LogP contribution in [0.25, 0.3) is 0 Å². The second-order valence-corrected chi connectivity index (χ2v) is 5.79. The number of aliphatic carboxylic acids is 1. The first-order valence-electron chi connectivity index (χ1n) is 6.77. The molecule has 0 aromatic heterocycles. The summed E-state index contributed by atoms with van der Waals surface area (Å²) in [4.78, 5) is 12.5. The Bertz CT molecular complexity index is 433. The van der Waals surface area contributed by atoms with Crippen molar-refractivity contribution in [2.24, 2.45) is 0 Å². The molecule has 0 saturated carbocycles. The number of benzene rings is 1. The lowest BCUT2D eigenvalue weighted by Crippen LogP contribution is -2.49. The Kier molecular flexibility index (Phi) is 6.88. The van der Waals surface area contributed by atoms with Gasteiger partial charge in [0, 0.05) is 4.90 Å². The minimum absolute atomic E-state index is 0.586. The molecule has 0 aliphatic carbocycles. The van der Waals surface area contributed by atoms with E-state index in [1.54, 1.807) is 25.9 Å². The first kappa shape index (κ1) is 16.9. The highest BCUT2D eigenvalue weighted by atomic mass is 32.2. The lowest BCUT2D eigenvalue weighted by atomic mass is 9.91. The van der Waals surface area contributed by atoms with Crippen molar-refractivity contribution in [1.82, 2.24) is 5.32 Å². The van der Waals surface area contributed by atoms with Gasteiger partial charge in [0.05, 0.1) is 7.11 Å². The van der Waals surface area contributed by atoms with Crippen LogP contribution in [0.3, 0.4) is 0 Å². The number of nitrogens with one attached hydrogen (secondary N) is 1. The lowest BCUT2D eigenvalue weighted by Gasteiger charge is -2.27. The average Bonchev–Trinajstić information content (AvgIpc) is 2.48. The number of hydrogen-bond acceptors (Lipinski definition) is 4. The summed E-state index contributed by atoms with van der Waals surface area (Å²) in [6.07, 6.45) is 2.07. The molecule has 1 unspecified atom stereocenters. The van der Waals surface area contributed by atoms with Gasteiger partial charge in [-0.25, -0.2) is 0 Å². The molecular weight excluding hydrogens is 274 g/mol. The van der Waals surface area contributed by atoms with Crippen LogP contribution in [0.15, 0.2) is 29.2 Å². The monoisotopic (exact) mass is 297 g/mol. The molecule has 0 amide bonds. The molecule has 1 rings (SSSR count). The van der Waals surface area contributed by atoms with E-state index in [0.29, 0.717) is 12.8 Å². The summed E-state index contributed by atoms with van der Waals surface area (Å²) in [5.41, 5.74) is -0.797. The molecule has 0 fully saturated rings. The Hall–Kier alpha value is -1.20. The SMILES string of the molecule is CCC(CCCSc1cccc(OC)c1)(NC)C(=O)O. The Balaban J connectivity index is 2.46. The average molecular weight is 297 g/mol. The van der Waals surface area contributed by atoms with Crippen molar-refractivity contribution in [3.8, 4) is 5.75 Å². The summed E-state index contributed by atoms with van der Waals surface area (Å²) in [6.45, 7) is 1.90. The van der Waals surface area contributed by atoms with E-state index >= 15 is 0 Å². The van der Waals surface area contributed by atoms with E-state index in [9.17, 15) is 9.90 Å². The van der Waals surface area contributed by atoms with Crippen LogP contribution in [0.1, 0.15) is 26.2 Å². The number of likely N-dealkylation sites (N-methyl/N-ethyl adjacent to an activating group) is 1. The number of carboxylic acids is 1. The molecule has 20 heavy (non-hydrogen) atoms. The highest BCUT2D eigenvalue weighted by Crippen LogP contribution is 2.25. The zero-order valence-electron chi connectivity index (χ0n) is 12.3. The molecule has 0 heterocycles. The standard InChI is InChI=1S/C15H23NO3S/c1-4-15(16-2,14(17)18)9-6-10-20-13-8-5-7-12(11-13)19-3/h5,7-8,11,16H,4,6,9-10H2,1-3H3,(H,17,18). The molecule has 0 spiro atoms. The fourth-order valence-electron chi connectivity index (χ4n) is 2.10. The highest BCUT2D eigenvalue weighted by molar-refractivity contribution is 7.99. The molecule has 1 aromatic carbocycles. The van der Waals surface area contributed by atoms with Crippen LogP contribution in [0.5, 0.6) is 5.75 Å². The maximum absolute atomic E-state index is 11.3. The van der Waals surface area contributed by atoms with Gasteiger partial charge in [0.2, 0.25) is 0 Å². The van der Waals surface area contributed by atoms with Crippen LogP contribution in [-0.4, -0.2) is 36.5 Å². The molecule has 112 valence electrons. The van der Waals surface area contributed by atoms with Crippen molar-refractivity contribution in [2.75, 3.05) is 19.9 Å². The van der Waals surface area contributed by atoms with E-state index in [0.717, 1.165) is 22.8 Å². The Morgan fingerprint density at radius 1 is 1.50 bits per heavy atom. The minimum Gasteiger partial charge on any atom is -0.497 e. The second-order valence-electron chi connectivity index (χ2n) is 4.62. The Labute approximate surface area is 124 Å².